The normalized spacial score (nSPS) is 12.4. The largest absolute Gasteiger partial charge is 0.494 e. The van der Waals surface area contributed by atoms with Crippen molar-refractivity contribution in [1.82, 2.24) is 0 Å². The average Bonchev–Trinajstić information content (AvgIpc) is 2.34. The van der Waals surface area contributed by atoms with Crippen molar-refractivity contribution in [3.05, 3.63) is 29.8 Å². The second kappa shape index (κ2) is 8.09. The minimum absolute atomic E-state index is 0.0445. The molecular formula is C14H23NO2. The third kappa shape index (κ3) is 5.71. The van der Waals surface area contributed by atoms with Gasteiger partial charge in [0.25, 0.3) is 0 Å². The standard InChI is InChI=1S/C14H23NO2/c1-12(15)13-7-6-8-14(11-13)17-10-5-3-2-4-9-16/h6-8,11-12,16H,2-5,9-10,15H2,1H3/t12-/m1/s1. The van der Waals surface area contributed by atoms with E-state index in [1.165, 1.54) is 0 Å². The van der Waals surface area contributed by atoms with Gasteiger partial charge in [-0.2, -0.15) is 0 Å². The molecule has 3 nitrogen and oxygen atoms in total. The van der Waals surface area contributed by atoms with Gasteiger partial charge in [0.2, 0.25) is 0 Å². The molecule has 17 heavy (non-hydrogen) atoms. The number of nitrogens with two attached hydrogens (primary N) is 1. The summed E-state index contributed by atoms with van der Waals surface area (Å²) in [6.45, 7) is 2.99. The van der Waals surface area contributed by atoms with Crippen molar-refractivity contribution in [2.75, 3.05) is 13.2 Å². The summed E-state index contributed by atoms with van der Waals surface area (Å²) < 4.78 is 5.66. The zero-order valence-corrected chi connectivity index (χ0v) is 10.6. The highest BCUT2D eigenvalue weighted by Crippen LogP contribution is 2.17. The first-order chi connectivity index (χ1) is 8.24. The zero-order chi connectivity index (χ0) is 12.5. The Morgan fingerprint density at radius 3 is 2.71 bits per heavy atom. The minimum Gasteiger partial charge on any atom is -0.494 e. The maximum absolute atomic E-state index is 8.64. The molecule has 1 rings (SSSR count). The Kier molecular flexibility index (Phi) is 6.67. The van der Waals surface area contributed by atoms with Gasteiger partial charge in [0, 0.05) is 12.6 Å². The molecule has 1 atom stereocenters. The molecule has 3 heteroatoms. The SMILES string of the molecule is C[C@@H](N)c1cccc(OCCCCCCO)c1. The van der Waals surface area contributed by atoms with Gasteiger partial charge in [-0.25, -0.2) is 0 Å². The maximum Gasteiger partial charge on any atom is 0.119 e. The summed E-state index contributed by atoms with van der Waals surface area (Å²) in [7, 11) is 0. The van der Waals surface area contributed by atoms with Crippen LogP contribution in [0.1, 0.15) is 44.2 Å². The Labute approximate surface area is 104 Å². The fraction of sp³-hybridized carbons (Fsp3) is 0.571. The number of rotatable bonds is 8. The topological polar surface area (TPSA) is 55.5 Å². The van der Waals surface area contributed by atoms with Crippen molar-refractivity contribution in [3.8, 4) is 5.75 Å². The molecule has 0 aromatic heterocycles. The van der Waals surface area contributed by atoms with Crippen LogP contribution in [0.4, 0.5) is 0 Å². The van der Waals surface area contributed by atoms with Gasteiger partial charge < -0.3 is 15.6 Å². The Bertz CT molecular complexity index is 313. The summed E-state index contributed by atoms with van der Waals surface area (Å²) in [6, 6.07) is 7.99. The molecule has 0 radical (unpaired) electrons. The Morgan fingerprint density at radius 2 is 2.00 bits per heavy atom. The van der Waals surface area contributed by atoms with E-state index in [0.29, 0.717) is 0 Å². The lowest BCUT2D eigenvalue weighted by molar-refractivity contribution is 0.273. The highest BCUT2D eigenvalue weighted by molar-refractivity contribution is 5.30. The molecule has 1 aromatic carbocycles. The molecule has 0 aliphatic rings. The van der Waals surface area contributed by atoms with Crippen LogP contribution in [0.5, 0.6) is 5.75 Å². The van der Waals surface area contributed by atoms with Crippen LogP contribution in [0.2, 0.25) is 0 Å². The lowest BCUT2D eigenvalue weighted by atomic mass is 10.1. The lowest BCUT2D eigenvalue weighted by Crippen LogP contribution is -2.05. The second-order valence-electron chi connectivity index (χ2n) is 4.35. The molecular weight excluding hydrogens is 214 g/mol. The summed E-state index contributed by atoms with van der Waals surface area (Å²) in [5, 5.41) is 8.64. The first kappa shape index (κ1) is 14.0. The molecule has 0 aliphatic heterocycles. The van der Waals surface area contributed by atoms with E-state index in [0.717, 1.165) is 43.6 Å². The van der Waals surface area contributed by atoms with Crippen LogP contribution in [-0.4, -0.2) is 18.3 Å². The van der Waals surface area contributed by atoms with Crippen LogP contribution in [-0.2, 0) is 0 Å². The van der Waals surface area contributed by atoms with Crippen molar-refractivity contribution < 1.29 is 9.84 Å². The molecule has 1 aromatic rings. The average molecular weight is 237 g/mol. The highest BCUT2D eigenvalue weighted by atomic mass is 16.5. The van der Waals surface area contributed by atoms with Crippen LogP contribution in [0.25, 0.3) is 0 Å². The molecule has 0 saturated carbocycles. The number of ether oxygens (including phenoxy) is 1. The fourth-order valence-electron chi connectivity index (χ4n) is 1.64. The van der Waals surface area contributed by atoms with Crippen molar-refractivity contribution >= 4 is 0 Å². The van der Waals surface area contributed by atoms with Gasteiger partial charge in [-0.3, -0.25) is 0 Å². The minimum atomic E-state index is 0.0445. The monoisotopic (exact) mass is 237 g/mol. The fourth-order valence-corrected chi connectivity index (χ4v) is 1.64. The molecule has 0 aliphatic carbocycles. The van der Waals surface area contributed by atoms with Crippen LogP contribution >= 0.6 is 0 Å². The molecule has 0 spiro atoms. The molecule has 0 heterocycles. The van der Waals surface area contributed by atoms with E-state index in [1.807, 2.05) is 31.2 Å². The lowest BCUT2D eigenvalue weighted by Gasteiger charge is -2.09. The third-order valence-electron chi connectivity index (χ3n) is 2.71. The van der Waals surface area contributed by atoms with Crippen LogP contribution in [0.15, 0.2) is 24.3 Å². The maximum atomic E-state index is 8.64. The van der Waals surface area contributed by atoms with E-state index in [-0.39, 0.29) is 12.6 Å². The summed E-state index contributed by atoms with van der Waals surface area (Å²) in [6.07, 6.45) is 4.09. The highest BCUT2D eigenvalue weighted by Gasteiger charge is 2.00. The van der Waals surface area contributed by atoms with Gasteiger partial charge in [0.05, 0.1) is 6.61 Å². The number of hydrogen-bond donors (Lipinski definition) is 2. The van der Waals surface area contributed by atoms with E-state index in [4.69, 9.17) is 15.6 Å². The molecule has 0 fully saturated rings. The Hall–Kier alpha value is -1.06. The summed E-state index contributed by atoms with van der Waals surface area (Å²) >= 11 is 0. The first-order valence-electron chi connectivity index (χ1n) is 6.33. The summed E-state index contributed by atoms with van der Waals surface area (Å²) in [5.41, 5.74) is 6.91. The molecule has 0 bridgehead atoms. The smallest absolute Gasteiger partial charge is 0.119 e. The molecule has 0 saturated heterocycles. The number of hydrogen-bond acceptors (Lipinski definition) is 3. The van der Waals surface area contributed by atoms with Crippen LogP contribution in [0, 0.1) is 0 Å². The van der Waals surface area contributed by atoms with E-state index < -0.39 is 0 Å². The van der Waals surface area contributed by atoms with Gasteiger partial charge in [0.15, 0.2) is 0 Å². The van der Waals surface area contributed by atoms with E-state index in [9.17, 15) is 0 Å². The summed E-state index contributed by atoms with van der Waals surface area (Å²) in [4.78, 5) is 0. The van der Waals surface area contributed by atoms with Crippen molar-refractivity contribution in [3.63, 3.8) is 0 Å². The zero-order valence-electron chi connectivity index (χ0n) is 10.6. The van der Waals surface area contributed by atoms with Gasteiger partial charge in [-0.05, 0) is 43.9 Å². The number of unbranched alkanes of at least 4 members (excludes halogenated alkanes) is 3. The predicted octanol–water partition coefficient (Wildman–Crippen LogP) is 2.64. The van der Waals surface area contributed by atoms with Gasteiger partial charge in [0.1, 0.15) is 5.75 Å². The number of aliphatic hydroxyl groups is 1. The quantitative estimate of drug-likeness (QED) is 0.683. The first-order valence-corrected chi connectivity index (χ1v) is 6.33. The molecule has 0 amide bonds. The molecule has 0 unspecified atom stereocenters. The third-order valence-corrected chi connectivity index (χ3v) is 2.71. The van der Waals surface area contributed by atoms with E-state index in [2.05, 4.69) is 0 Å². The molecule has 96 valence electrons. The van der Waals surface area contributed by atoms with E-state index >= 15 is 0 Å². The molecule has 3 N–H and O–H groups in total. The Morgan fingerprint density at radius 1 is 1.24 bits per heavy atom. The van der Waals surface area contributed by atoms with E-state index in [1.54, 1.807) is 0 Å². The second-order valence-corrected chi connectivity index (χ2v) is 4.35. The Balaban J connectivity index is 2.24. The number of aliphatic hydroxyl groups excluding tert-OH is 1. The predicted molar refractivity (Wildman–Crippen MR) is 70.1 cm³/mol. The van der Waals surface area contributed by atoms with Gasteiger partial charge in [-0.1, -0.05) is 18.6 Å². The van der Waals surface area contributed by atoms with Gasteiger partial charge >= 0.3 is 0 Å². The van der Waals surface area contributed by atoms with Gasteiger partial charge in [-0.15, -0.1) is 0 Å². The van der Waals surface area contributed by atoms with Crippen LogP contribution < -0.4 is 10.5 Å². The van der Waals surface area contributed by atoms with Crippen molar-refractivity contribution in [2.45, 2.75) is 38.6 Å². The van der Waals surface area contributed by atoms with Crippen molar-refractivity contribution in [2.24, 2.45) is 5.73 Å². The van der Waals surface area contributed by atoms with Crippen LogP contribution in [0.3, 0.4) is 0 Å². The van der Waals surface area contributed by atoms with Crippen molar-refractivity contribution in [1.29, 1.82) is 0 Å². The number of benzene rings is 1. The summed E-state index contributed by atoms with van der Waals surface area (Å²) in [5.74, 6) is 0.891.